The molecule has 2 aromatic rings. The summed E-state index contributed by atoms with van der Waals surface area (Å²) in [6.07, 6.45) is 0. The van der Waals surface area contributed by atoms with Gasteiger partial charge in [0.25, 0.3) is 0 Å². The fourth-order valence-corrected chi connectivity index (χ4v) is 2.26. The maximum atomic E-state index is 5.79. The van der Waals surface area contributed by atoms with E-state index in [9.17, 15) is 0 Å². The monoisotopic (exact) mass is 254 g/mol. The average Bonchev–Trinajstić information content (AvgIpc) is 2.68. The van der Waals surface area contributed by atoms with Gasteiger partial charge < -0.3 is 11.1 Å². The first-order valence-corrected chi connectivity index (χ1v) is 6.01. The molecule has 3 N–H and O–H groups in total. The Morgan fingerprint density at radius 3 is 2.94 bits per heavy atom. The zero-order valence-electron chi connectivity index (χ0n) is 8.64. The number of nitrogens with two attached hydrogens (primary N) is 1. The number of rotatable bonds is 3. The maximum Gasteiger partial charge on any atom is 0.223 e. The minimum absolute atomic E-state index is 0.172. The lowest BCUT2D eigenvalue weighted by Crippen LogP contribution is -2.08. The molecular formula is C10H11ClN4S. The topological polar surface area (TPSA) is 63.8 Å². The number of nitrogen functional groups attached to an aromatic ring is 1. The van der Waals surface area contributed by atoms with E-state index in [1.165, 1.54) is 4.88 Å². The number of anilines is 2. The third kappa shape index (κ3) is 2.62. The number of hydrogen-bond acceptors (Lipinski definition) is 5. The Labute approximate surface area is 102 Å². The Bertz CT molecular complexity index is 451. The molecular weight excluding hydrogens is 244 g/mol. The van der Waals surface area contributed by atoms with Crippen LogP contribution < -0.4 is 11.1 Å². The molecule has 0 saturated heterocycles. The molecule has 2 rings (SSSR count). The van der Waals surface area contributed by atoms with Gasteiger partial charge in [0.1, 0.15) is 11.0 Å². The van der Waals surface area contributed by atoms with Crippen molar-refractivity contribution in [2.75, 3.05) is 11.1 Å². The van der Waals surface area contributed by atoms with E-state index in [1.807, 2.05) is 11.4 Å². The van der Waals surface area contributed by atoms with E-state index in [0.29, 0.717) is 11.0 Å². The fourth-order valence-electron chi connectivity index (χ4n) is 1.34. The van der Waals surface area contributed by atoms with Gasteiger partial charge in [-0.3, -0.25) is 0 Å². The number of nitrogens with zero attached hydrogens (tertiary/aromatic N) is 2. The summed E-state index contributed by atoms with van der Waals surface area (Å²) in [7, 11) is 0. The van der Waals surface area contributed by atoms with Crippen molar-refractivity contribution in [1.82, 2.24) is 9.97 Å². The highest BCUT2D eigenvalue weighted by atomic mass is 35.5. The summed E-state index contributed by atoms with van der Waals surface area (Å²) in [5.41, 5.74) is 5.51. The summed E-state index contributed by atoms with van der Waals surface area (Å²) in [5, 5.41) is 5.60. The predicted molar refractivity (Wildman–Crippen MR) is 67.8 cm³/mol. The summed E-state index contributed by atoms with van der Waals surface area (Å²) < 4.78 is 0. The van der Waals surface area contributed by atoms with Crippen molar-refractivity contribution in [2.45, 2.75) is 13.0 Å². The smallest absolute Gasteiger partial charge is 0.223 e. The molecule has 2 aromatic heterocycles. The Morgan fingerprint density at radius 2 is 2.31 bits per heavy atom. The zero-order valence-corrected chi connectivity index (χ0v) is 10.2. The molecule has 84 valence electrons. The molecule has 0 bridgehead atoms. The average molecular weight is 255 g/mol. The summed E-state index contributed by atoms with van der Waals surface area (Å²) in [6, 6.07) is 5.90. The van der Waals surface area contributed by atoms with E-state index in [0.717, 1.165) is 0 Å². The summed E-state index contributed by atoms with van der Waals surface area (Å²) >= 11 is 7.48. The van der Waals surface area contributed by atoms with Crippen LogP contribution in [0.4, 0.5) is 11.8 Å². The molecule has 6 heteroatoms. The van der Waals surface area contributed by atoms with E-state index >= 15 is 0 Å². The third-order valence-corrected chi connectivity index (χ3v) is 3.30. The van der Waals surface area contributed by atoms with Gasteiger partial charge in [0, 0.05) is 10.9 Å². The lowest BCUT2D eigenvalue weighted by Gasteiger charge is -2.12. The SMILES string of the molecule is C[C@H](Nc1cc(Cl)nc(N)n1)c1cccs1. The third-order valence-electron chi connectivity index (χ3n) is 2.05. The lowest BCUT2D eigenvalue weighted by atomic mass is 10.3. The van der Waals surface area contributed by atoms with Crippen molar-refractivity contribution in [1.29, 1.82) is 0 Å². The zero-order chi connectivity index (χ0) is 11.5. The van der Waals surface area contributed by atoms with Crippen LogP contribution in [-0.4, -0.2) is 9.97 Å². The second-order valence-corrected chi connectivity index (χ2v) is 4.68. The van der Waals surface area contributed by atoms with Gasteiger partial charge in [-0.1, -0.05) is 17.7 Å². The number of thiophene rings is 1. The molecule has 0 unspecified atom stereocenters. The Morgan fingerprint density at radius 1 is 1.50 bits per heavy atom. The number of nitrogens with one attached hydrogen (secondary N) is 1. The number of halogens is 1. The van der Waals surface area contributed by atoms with Crippen molar-refractivity contribution in [3.63, 3.8) is 0 Å². The summed E-state index contributed by atoms with van der Waals surface area (Å²) in [5.74, 6) is 0.812. The number of hydrogen-bond donors (Lipinski definition) is 2. The van der Waals surface area contributed by atoms with Crippen LogP contribution in [0, 0.1) is 0 Å². The molecule has 0 spiro atoms. The maximum absolute atomic E-state index is 5.79. The Balaban J connectivity index is 2.15. The van der Waals surface area contributed by atoms with E-state index in [2.05, 4.69) is 28.3 Å². The van der Waals surface area contributed by atoms with Crippen LogP contribution in [0.5, 0.6) is 0 Å². The standard InChI is InChI=1S/C10H11ClN4S/c1-6(7-3-2-4-16-7)13-9-5-8(11)14-10(12)15-9/h2-6H,1H3,(H3,12,13,14,15)/t6-/m0/s1. The first-order chi connectivity index (χ1) is 7.65. The van der Waals surface area contributed by atoms with Crippen LogP contribution in [-0.2, 0) is 0 Å². The minimum atomic E-state index is 0.172. The summed E-state index contributed by atoms with van der Waals surface area (Å²) in [6.45, 7) is 2.05. The molecule has 2 heterocycles. The van der Waals surface area contributed by atoms with Crippen LogP contribution in [0.25, 0.3) is 0 Å². The molecule has 4 nitrogen and oxygen atoms in total. The normalized spacial score (nSPS) is 12.4. The lowest BCUT2D eigenvalue weighted by molar-refractivity contribution is 0.894. The molecule has 0 aliphatic carbocycles. The highest BCUT2D eigenvalue weighted by Crippen LogP contribution is 2.23. The second-order valence-electron chi connectivity index (χ2n) is 3.32. The van der Waals surface area contributed by atoms with E-state index in [-0.39, 0.29) is 12.0 Å². The number of aromatic nitrogens is 2. The van der Waals surface area contributed by atoms with Gasteiger partial charge in [-0.05, 0) is 18.4 Å². The second kappa shape index (κ2) is 4.67. The van der Waals surface area contributed by atoms with Gasteiger partial charge >= 0.3 is 0 Å². The molecule has 0 aliphatic heterocycles. The first-order valence-electron chi connectivity index (χ1n) is 4.75. The van der Waals surface area contributed by atoms with Crippen LogP contribution in [0.15, 0.2) is 23.6 Å². The van der Waals surface area contributed by atoms with E-state index < -0.39 is 0 Å². The van der Waals surface area contributed by atoms with Crippen molar-refractivity contribution in [3.05, 3.63) is 33.6 Å². The Kier molecular flexibility index (Phi) is 3.26. The fraction of sp³-hybridized carbons (Fsp3) is 0.200. The molecule has 0 fully saturated rings. The predicted octanol–water partition coefficient (Wildman–Crippen LogP) is 2.95. The first kappa shape index (κ1) is 11.2. The van der Waals surface area contributed by atoms with E-state index in [4.69, 9.17) is 17.3 Å². The largest absolute Gasteiger partial charge is 0.368 e. The van der Waals surface area contributed by atoms with Gasteiger partial charge in [0.15, 0.2) is 0 Å². The van der Waals surface area contributed by atoms with Gasteiger partial charge in [-0.15, -0.1) is 11.3 Å². The van der Waals surface area contributed by atoms with Crippen molar-refractivity contribution in [2.24, 2.45) is 0 Å². The minimum Gasteiger partial charge on any atom is -0.368 e. The van der Waals surface area contributed by atoms with Crippen LogP contribution >= 0.6 is 22.9 Å². The molecule has 0 amide bonds. The van der Waals surface area contributed by atoms with E-state index in [1.54, 1.807) is 17.4 Å². The van der Waals surface area contributed by atoms with Crippen LogP contribution in [0.1, 0.15) is 17.8 Å². The molecule has 0 radical (unpaired) electrons. The molecule has 1 atom stereocenters. The molecule has 0 aliphatic rings. The van der Waals surface area contributed by atoms with Gasteiger partial charge in [-0.2, -0.15) is 4.98 Å². The van der Waals surface area contributed by atoms with Crippen LogP contribution in [0.2, 0.25) is 5.15 Å². The highest BCUT2D eigenvalue weighted by Gasteiger charge is 2.08. The van der Waals surface area contributed by atoms with Crippen molar-refractivity contribution < 1.29 is 0 Å². The van der Waals surface area contributed by atoms with Gasteiger partial charge in [0.2, 0.25) is 5.95 Å². The van der Waals surface area contributed by atoms with Crippen molar-refractivity contribution in [3.8, 4) is 0 Å². The quantitative estimate of drug-likeness (QED) is 0.827. The molecule has 16 heavy (non-hydrogen) atoms. The van der Waals surface area contributed by atoms with Gasteiger partial charge in [0.05, 0.1) is 6.04 Å². The van der Waals surface area contributed by atoms with Crippen molar-refractivity contribution >= 4 is 34.7 Å². The molecule has 0 aromatic carbocycles. The van der Waals surface area contributed by atoms with Crippen LogP contribution in [0.3, 0.4) is 0 Å². The summed E-state index contributed by atoms with van der Waals surface area (Å²) in [4.78, 5) is 9.09. The Hall–Kier alpha value is -1.33. The van der Waals surface area contributed by atoms with Gasteiger partial charge in [-0.25, -0.2) is 4.98 Å². The molecule has 0 saturated carbocycles. The highest BCUT2D eigenvalue weighted by molar-refractivity contribution is 7.10.